The summed E-state index contributed by atoms with van der Waals surface area (Å²) in [6.07, 6.45) is 0. The van der Waals surface area contributed by atoms with E-state index in [1.54, 1.807) is 11.6 Å². The van der Waals surface area contributed by atoms with Crippen LogP contribution in [0, 0.1) is 6.92 Å². The van der Waals surface area contributed by atoms with Crippen LogP contribution in [-0.2, 0) is 11.3 Å². The lowest BCUT2D eigenvalue weighted by molar-refractivity contribution is 0.0464. The highest BCUT2D eigenvalue weighted by Gasteiger charge is 2.18. The van der Waals surface area contributed by atoms with Gasteiger partial charge in [-0.25, -0.2) is 9.48 Å². The molecule has 0 unspecified atom stereocenters. The van der Waals surface area contributed by atoms with Gasteiger partial charge in [0.15, 0.2) is 5.69 Å². The lowest BCUT2D eigenvalue weighted by Crippen LogP contribution is -2.08. The standard InChI is InChI=1S/C17H15N3O2/c1-13-16(17(21)22-12-14-8-4-2-5-9-14)18-19-20(13)15-10-6-3-7-11-15/h2-11H,12H2,1H3. The van der Waals surface area contributed by atoms with E-state index in [1.165, 1.54) is 0 Å². The van der Waals surface area contributed by atoms with E-state index in [-0.39, 0.29) is 12.3 Å². The van der Waals surface area contributed by atoms with Crippen molar-refractivity contribution in [2.45, 2.75) is 13.5 Å². The molecule has 0 saturated carbocycles. The molecule has 0 saturated heterocycles. The van der Waals surface area contributed by atoms with Crippen molar-refractivity contribution in [3.63, 3.8) is 0 Å². The van der Waals surface area contributed by atoms with Gasteiger partial charge < -0.3 is 4.74 Å². The lowest BCUT2D eigenvalue weighted by atomic mass is 10.2. The Morgan fingerprint density at radius 1 is 1.05 bits per heavy atom. The van der Waals surface area contributed by atoms with Gasteiger partial charge >= 0.3 is 5.97 Å². The number of hydrogen-bond donors (Lipinski definition) is 0. The van der Waals surface area contributed by atoms with Crippen LogP contribution in [0.1, 0.15) is 21.7 Å². The fourth-order valence-electron chi connectivity index (χ4n) is 2.12. The fourth-order valence-corrected chi connectivity index (χ4v) is 2.12. The van der Waals surface area contributed by atoms with Crippen molar-refractivity contribution in [2.24, 2.45) is 0 Å². The Morgan fingerprint density at radius 3 is 2.36 bits per heavy atom. The first kappa shape index (κ1) is 14.0. The number of hydrogen-bond acceptors (Lipinski definition) is 4. The van der Waals surface area contributed by atoms with Gasteiger partial charge in [-0.15, -0.1) is 5.10 Å². The van der Waals surface area contributed by atoms with Gasteiger partial charge in [-0.05, 0) is 24.6 Å². The first-order valence-corrected chi connectivity index (χ1v) is 6.94. The van der Waals surface area contributed by atoms with Gasteiger partial charge in [0.25, 0.3) is 0 Å². The van der Waals surface area contributed by atoms with Crippen LogP contribution in [0.25, 0.3) is 5.69 Å². The summed E-state index contributed by atoms with van der Waals surface area (Å²) < 4.78 is 6.91. The van der Waals surface area contributed by atoms with Crippen LogP contribution in [0.2, 0.25) is 0 Å². The molecule has 3 rings (SSSR count). The third-order valence-corrected chi connectivity index (χ3v) is 3.30. The second-order valence-electron chi connectivity index (χ2n) is 4.83. The molecular weight excluding hydrogens is 278 g/mol. The maximum absolute atomic E-state index is 12.1. The predicted octanol–water partition coefficient (Wildman–Crippen LogP) is 2.93. The van der Waals surface area contributed by atoms with E-state index < -0.39 is 5.97 Å². The largest absolute Gasteiger partial charge is 0.456 e. The second-order valence-corrected chi connectivity index (χ2v) is 4.83. The molecule has 22 heavy (non-hydrogen) atoms. The van der Waals surface area contributed by atoms with Crippen molar-refractivity contribution in [3.05, 3.63) is 77.6 Å². The molecule has 0 aliphatic rings. The molecule has 0 bridgehead atoms. The van der Waals surface area contributed by atoms with E-state index in [4.69, 9.17) is 4.74 Å². The zero-order valence-corrected chi connectivity index (χ0v) is 12.1. The first-order valence-electron chi connectivity index (χ1n) is 6.94. The molecule has 0 spiro atoms. The van der Waals surface area contributed by atoms with Crippen LogP contribution in [0.15, 0.2) is 60.7 Å². The van der Waals surface area contributed by atoms with Gasteiger partial charge in [-0.2, -0.15) is 0 Å². The molecular formula is C17H15N3O2. The van der Waals surface area contributed by atoms with Crippen LogP contribution in [0.4, 0.5) is 0 Å². The molecule has 0 radical (unpaired) electrons. The van der Waals surface area contributed by atoms with Gasteiger partial charge in [-0.1, -0.05) is 53.7 Å². The summed E-state index contributed by atoms with van der Waals surface area (Å²) in [6, 6.07) is 19.1. The van der Waals surface area contributed by atoms with Crippen molar-refractivity contribution in [1.82, 2.24) is 15.0 Å². The molecule has 2 aromatic carbocycles. The second kappa shape index (κ2) is 6.22. The highest BCUT2D eigenvalue weighted by atomic mass is 16.5. The summed E-state index contributed by atoms with van der Waals surface area (Å²) in [5, 5.41) is 7.97. The molecule has 3 aromatic rings. The monoisotopic (exact) mass is 293 g/mol. The number of rotatable bonds is 4. The van der Waals surface area contributed by atoms with Crippen molar-refractivity contribution in [3.8, 4) is 5.69 Å². The first-order chi connectivity index (χ1) is 10.8. The number of carbonyl (C=O) groups is 1. The summed E-state index contributed by atoms with van der Waals surface area (Å²) in [5.41, 5.74) is 2.68. The van der Waals surface area contributed by atoms with Crippen molar-refractivity contribution in [1.29, 1.82) is 0 Å². The number of carbonyl (C=O) groups excluding carboxylic acids is 1. The molecule has 0 aliphatic heterocycles. The van der Waals surface area contributed by atoms with E-state index in [9.17, 15) is 4.79 Å². The molecule has 0 N–H and O–H groups in total. The summed E-state index contributed by atoms with van der Waals surface area (Å²) in [6.45, 7) is 2.02. The van der Waals surface area contributed by atoms with Gasteiger partial charge in [-0.3, -0.25) is 0 Å². The third kappa shape index (κ3) is 2.88. The van der Waals surface area contributed by atoms with E-state index in [0.717, 1.165) is 11.3 Å². The summed E-state index contributed by atoms with van der Waals surface area (Å²) >= 11 is 0. The molecule has 1 heterocycles. The quantitative estimate of drug-likeness (QED) is 0.694. The zero-order valence-electron chi connectivity index (χ0n) is 12.1. The number of esters is 1. The number of para-hydroxylation sites is 1. The van der Waals surface area contributed by atoms with Crippen molar-refractivity contribution < 1.29 is 9.53 Å². The lowest BCUT2D eigenvalue weighted by Gasteiger charge is -2.04. The Hall–Kier alpha value is -2.95. The van der Waals surface area contributed by atoms with Gasteiger partial charge in [0, 0.05) is 0 Å². The van der Waals surface area contributed by atoms with Gasteiger partial charge in [0.2, 0.25) is 0 Å². The van der Waals surface area contributed by atoms with Crippen LogP contribution in [-0.4, -0.2) is 21.0 Å². The molecule has 5 heteroatoms. The molecule has 0 amide bonds. The summed E-state index contributed by atoms with van der Waals surface area (Å²) in [7, 11) is 0. The number of ether oxygens (including phenoxy) is 1. The minimum absolute atomic E-state index is 0.220. The fraction of sp³-hybridized carbons (Fsp3) is 0.118. The van der Waals surface area contributed by atoms with E-state index >= 15 is 0 Å². The van der Waals surface area contributed by atoms with Crippen LogP contribution >= 0.6 is 0 Å². The Bertz CT molecular complexity index is 767. The topological polar surface area (TPSA) is 57.0 Å². The van der Waals surface area contributed by atoms with Gasteiger partial charge in [0.05, 0.1) is 11.4 Å². The molecule has 0 atom stereocenters. The summed E-state index contributed by atoms with van der Waals surface area (Å²) in [4.78, 5) is 12.1. The number of benzene rings is 2. The normalized spacial score (nSPS) is 10.4. The van der Waals surface area contributed by atoms with E-state index in [0.29, 0.717) is 5.69 Å². The van der Waals surface area contributed by atoms with Crippen LogP contribution in [0.3, 0.4) is 0 Å². The minimum Gasteiger partial charge on any atom is -0.456 e. The third-order valence-electron chi connectivity index (χ3n) is 3.30. The smallest absolute Gasteiger partial charge is 0.361 e. The number of nitrogens with zero attached hydrogens (tertiary/aromatic N) is 3. The van der Waals surface area contributed by atoms with Crippen LogP contribution in [0.5, 0.6) is 0 Å². The predicted molar refractivity (Wildman–Crippen MR) is 81.7 cm³/mol. The van der Waals surface area contributed by atoms with E-state index in [1.807, 2.05) is 60.7 Å². The average Bonchev–Trinajstić information content (AvgIpc) is 2.96. The molecule has 5 nitrogen and oxygen atoms in total. The minimum atomic E-state index is -0.469. The van der Waals surface area contributed by atoms with Gasteiger partial charge in [0.1, 0.15) is 6.61 Å². The summed E-state index contributed by atoms with van der Waals surface area (Å²) in [5.74, 6) is -0.469. The Kier molecular flexibility index (Phi) is 3.96. The van der Waals surface area contributed by atoms with E-state index in [2.05, 4.69) is 10.3 Å². The van der Waals surface area contributed by atoms with Crippen molar-refractivity contribution in [2.75, 3.05) is 0 Å². The highest BCUT2D eigenvalue weighted by Crippen LogP contribution is 2.13. The molecule has 1 aromatic heterocycles. The maximum atomic E-state index is 12.1. The molecule has 0 fully saturated rings. The highest BCUT2D eigenvalue weighted by molar-refractivity contribution is 5.88. The number of aromatic nitrogens is 3. The zero-order chi connectivity index (χ0) is 15.4. The Morgan fingerprint density at radius 2 is 1.68 bits per heavy atom. The Balaban J connectivity index is 1.75. The van der Waals surface area contributed by atoms with Crippen molar-refractivity contribution >= 4 is 5.97 Å². The molecule has 0 aliphatic carbocycles. The average molecular weight is 293 g/mol. The SMILES string of the molecule is Cc1c(C(=O)OCc2ccccc2)nnn1-c1ccccc1. The maximum Gasteiger partial charge on any atom is 0.361 e. The molecule has 110 valence electrons. The van der Waals surface area contributed by atoms with Crippen LogP contribution < -0.4 is 0 Å². The Labute approximate surface area is 128 Å².